The van der Waals surface area contributed by atoms with E-state index < -0.39 is 5.97 Å². The van der Waals surface area contributed by atoms with Gasteiger partial charge in [0.1, 0.15) is 11.6 Å². The molecule has 1 aliphatic heterocycles. The third-order valence-electron chi connectivity index (χ3n) is 3.83. The predicted molar refractivity (Wildman–Crippen MR) is 79.1 cm³/mol. The molecule has 0 amide bonds. The van der Waals surface area contributed by atoms with Crippen LogP contribution in [-0.2, 0) is 11.2 Å². The number of nitrogens with zero attached hydrogens (tertiary/aromatic N) is 3. The molecule has 0 bridgehead atoms. The molecule has 0 radical (unpaired) electrons. The zero-order valence-corrected chi connectivity index (χ0v) is 12.7. The highest BCUT2D eigenvalue weighted by molar-refractivity contribution is 7.09. The lowest BCUT2D eigenvalue weighted by Crippen LogP contribution is -2.41. The van der Waals surface area contributed by atoms with E-state index in [1.54, 1.807) is 12.1 Å². The molecule has 7 heteroatoms. The highest BCUT2D eigenvalue weighted by Crippen LogP contribution is 2.25. The Labute approximate surface area is 131 Å². The molecule has 5 nitrogen and oxygen atoms in total. The van der Waals surface area contributed by atoms with Gasteiger partial charge in [-0.15, -0.1) is 0 Å². The van der Waals surface area contributed by atoms with Gasteiger partial charge < -0.3 is 14.8 Å². The number of hydrogen-bond donors (Lipinski definition) is 0. The quantitative estimate of drug-likeness (QED) is 0.847. The molecule has 0 saturated carbocycles. The molecule has 0 unspecified atom stereocenters. The Bertz CT molecular complexity index is 651. The van der Waals surface area contributed by atoms with Crippen molar-refractivity contribution in [1.82, 2.24) is 9.36 Å². The Morgan fingerprint density at radius 1 is 1.32 bits per heavy atom. The molecule has 1 saturated heterocycles. The van der Waals surface area contributed by atoms with E-state index in [0.717, 1.165) is 10.7 Å². The number of carboxylic acid groups (broad SMARTS) is 1. The summed E-state index contributed by atoms with van der Waals surface area (Å²) in [6.45, 7) is 1.31. The van der Waals surface area contributed by atoms with E-state index in [-0.39, 0.29) is 11.7 Å². The molecule has 1 aromatic carbocycles. The Balaban J connectivity index is 1.62. The molecule has 2 aromatic rings. The molecule has 1 aromatic heterocycles. The van der Waals surface area contributed by atoms with E-state index in [0.29, 0.717) is 38.2 Å². The summed E-state index contributed by atoms with van der Waals surface area (Å²) in [7, 11) is 0. The van der Waals surface area contributed by atoms with Crippen molar-refractivity contribution in [2.24, 2.45) is 5.92 Å². The van der Waals surface area contributed by atoms with Crippen LogP contribution in [0, 0.1) is 11.7 Å². The second kappa shape index (κ2) is 6.39. The van der Waals surface area contributed by atoms with Crippen molar-refractivity contribution in [3.05, 3.63) is 41.5 Å². The molecule has 0 aliphatic carbocycles. The number of halogens is 1. The largest absolute Gasteiger partial charge is 0.550 e. The van der Waals surface area contributed by atoms with E-state index >= 15 is 0 Å². The number of aromatic nitrogens is 2. The summed E-state index contributed by atoms with van der Waals surface area (Å²) in [5.74, 6) is -0.878. The van der Waals surface area contributed by atoms with Gasteiger partial charge in [0.2, 0.25) is 5.13 Å². The van der Waals surface area contributed by atoms with Gasteiger partial charge in [-0.1, -0.05) is 12.1 Å². The van der Waals surface area contributed by atoms with Crippen LogP contribution in [0.1, 0.15) is 24.2 Å². The number of anilines is 1. The first-order valence-electron chi connectivity index (χ1n) is 7.14. The fraction of sp³-hybridized carbons (Fsp3) is 0.400. The minimum absolute atomic E-state index is 0.258. The number of carbonyl (C=O) groups excluding carboxylic acids is 1. The van der Waals surface area contributed by atoms with Crippen molar-refractivity contribution in [2.45, 2.75) is 19.3 Å². The highest BCUT2D eigenvalue weighted by Gasteiger charge is 2.22. The molecule has 0 spiro atoms. The Kier molecular flexibility index (Phi) is 4.33. The SMILES string of the molecule is O=C([O-])C1CCN(c2nc(Cc3ccc(F)cc3)ns2)CC1. The fourth-order valence-corrected chi connectivity index (χ4v) is 3.27. The van der Waals surface area contributed by atoms with Crippen LogP contribution in [0.5, 0.6) is 0 Å². The second-order valence-corrected chi connectivity index (χ2v) is 6.11. The minimum atomic E-state index is -0.964. The van der Waals surface area contributed by atoms with Gasteiger partial charge in [-0.05, 0) is 30.5 Å². The van der Waals surface area contributed by atoms with E-state index in [2.05, 4.69) is 14.3 Å². The summed E-state index contributed by atoms with van der Waals surface area (Å²) >= 11 is 1.32. The first kappa shape index (κ1) is 14.9. The maximum Gasteiger partial charge on any atom is 0.205 e. The molecule has 22 heavy (non-hydrogen) atoms. The van der Waals surface area contributed by atoms with Crippen LogP contribution in [0.2, 0.25) is 0 Å². The van der Waals surface area contributed by atoms with Crippen LogP contribution in [0.15, 0.2) is 24.3 Å². The molecule has 3 rings (SSSR count). The molecule has 2 heterocycles. The number of benzene rings is 1. The zero-order chi connectivity index (χ0) is 15.5. The highest BCUT2D eigenvalue weighted by atomic mass is 32.1. The molecular formula is C15H15FN3O2S-. The van der Waals surface area contributed by atoms with Crippen LogP contribution in [-0.4, -0.2) is 28.4 Å². The number of hydrogen-bond acceptors (Lipinski definition) is 6. The summed E-state index contributed by atoms with van der Waals surface area (Å²) in [4.78, 5) is 17.4. The molecule has 0 N–H and O–H groups in total. The van der Waals surface area contributed by atoms with Crippen molar-refractivity contribution < 1.29 is 14.3 Å². The Morgan fingerprint density at radius 3 is 2.64 bits per heavy atom. The van der Waals surface area contributed by atoms with E-state index in [4.69, 9.17) is 0 Å². The monoisotopic (exact) mass is 320 g/mol. The molecule has 116 valence electrons. The van der Waals surface area contributed by atoms with E-state index in [1.807, 2.05) is 0 Å². The average molecular weight is 320 g/mol. The standard InChI is InChI=1S/C15H16FN3O2S/c16-12-3-1-10(2-4-12)9-13-17-15(22-18-13)19-7-5-11(6-8-19)14(20)21/h1-4,11H,5-9H2,(H,20,21)/p-1. The topological polar surface area (TPSA) is 69.2 Å². The van der Waals surface area contributed by atoms with Gasteiger partial charge in [-0.25, -0.2) is 9.37 Å². The lowest BCUT2D eigenvalue weighted by molar-refractivity contribution is -0.312. The summed E-state index contributed by atoms with van der Waals surface area (Å²) in [6.07, 6.45) is 1.72. The maximum atomic E-state index is 12.9. The maximum absolute atomic E-state index is 12.9. The van der Waals surface area contributed by atoms with Crippen molar-refractivity contribution in [1.29, 1.82) is 0 Å². The van der Waals surface area contributed by atoms with E-state index in [9.17, 15) is 14.3 Å². The van der Waals surface area contributed by atoms with Gasteiger partial charge in [-0.2, -0.15) is 4.37 Å². The van der Waals surface area contributed by atoms with Gasteiger partial charge in [0.15, 0.2) is 0 Å². The van der Waals surface area contributed by atoms with Gasteiger partial charge >= 0.3 is 0 Å². The average Bonchev–Trinajstić information content (AvgIpc) is 2.98. The smallest absolute Gasteiger partial charge is 0.205 e. The zero-order valence-electron chi connectivity index (χ0n) is 11.9. The Hall–Kier alpha value is -2.02. The lowest BCUT2D eigenvalue weighted by Gasteiger charge is -2.31. The minimum Gasteiger partial charge on any atom is -0.550 e. The van der Waals surface area contributed by atoms with Gasteiger partial charge in [0.25, 0.3) is 0 Å². The first-order valence-corrected chi connectivity index (χ1v) is 7.92. The Morgan fingerprint density at radius 2 is 2.00 bits per heavy atom. The van der Waals surface area contributed by atoms with Crippen molar-refractivity contribution in [3.8, 4) is 0 Å². The number of rotatable bonds is 4. The number of aliphatic carboxylic acids is 1. The number of carbonyl (C=O) groups is 1. The molecule has 1 fully saturated rings. The van der Waals surface area contributed by atoms with Crippen molar-refractivity contribution in [3.63, 3.8) is 0 Å². The first-order chi connectivity index (χ1) is 10.6. The van der Waals surface area contributed by atoms with Crippen LogP contribution >= 0.6 is 11.5 Å². The van der Waals surface area contributed by atoms with Gasteiger partial charge in [-0.3, -0.25) is 0 Å². The predicted octanol–water partition coefficient (Wildman–Crippen LogP) is 1.23. The molecular weight excluding hydrogens is 305 g/mol. The summed E-state index contributed by atoms with van der Waals surface area (Å²) in [6, 6.07) is 6.30. The van der Waals surface area contributed by atoms with Gasteiger partial charge in [0, 0.05) is 42.9 Å². The fourth-order valence-electron chi connectivity index (χ4n) is 2.54. The van der Waals surface area contributed by atoms with E-state index in [1.165, 1.54) is 23.7 Å². The van der Waals surface area contributed by atoms with Crippen molar-refractivity contribution in [2.75, 3.05) is 18.0 Å². The number of piperidine rings is 1. The van der Waals surface area contributed by atoms with Crippen LogP contribution in [0.3, 0.4) is 0 Å². The lowest BCUT2D eigenvalue weighted by atomic mass is 9.98. The number of carboxylic acids is 1. The third-order valence-corrected chi connectivity index (χ3v) is 4.65. The summed E-state index contributed by atoms with van der Waals surface area (Å²) < 4.78 is 17.2. The van der Waals surface area contributed by atoms with Crippen molar-refractivity contribution >= 4 is 22.6 Å². The summed E-state index contributed by atoms with van der Waals surface area (Å²) in [5.41, 5.74) is 0.960. The third kappa shape index (κ3) is 3.41. The van der Waals surface area contributed by atoms with Crippen LogP contribution in [0.4, 0.5) is 9.52 Å². The molecule has 1 aliphatic rings. The van der Waals surface area contributed by atoms with Gasteiger partial charge in [0.05, 0.1) is 0 Å². The summed E-state index contributed by atoms with van der Waals surface area (Å²) in [5, 5.41) is 11.7. The van der Waals surface area contributed by atoms with Crippen LogP contribution < -0.4 is 10.0 Å². The molecule has 0 atom stereocenters. The van der Waals surface area contributed by atoms with Crippen LogP contribution in [0.25, 0.3) is 0 Å². The normalized spacial score (nSPS) is 16.0. The second-order valence-electron chi connectivity index (χ2n) is 5.38.